The van der Waals surface area contributed by atoms with Crippen LogP contribution in [0.1, 0.15) is 44.3 Å². The predicted octanol–water partition coefficient (Wildman–Crippen LogP) is 5.15. The molecule has 3 aromatic carbocycles. The summed E-state index contributed by atoms with van der Waals surface area (Å²) in [7, 11) is 0. The number of Topliss-reactive ketones (excluding diaryl/α,β-unsaturated/α-hetero) is 1. The molecule has 4 heteroatoms. The topological polar surface area (TPSA) is 43.4 Å². The Bertz CT molecular complexity index is 994. The van der Waals surface area contributed by atoms with Crippen LogP contribution in [0.15, 0.2) is 66.7 Å². The minimum absolute atomic E-state index is 0.0203. The first-order valence-corrected chi connectivity index (χ1v) is 8.58. The molecule has 0 saturated heterocycles. The van der Waals surface area contributed by atoms with Crippen LogP contribution in [0.4, 0.5) is 4.39 Å². The Morgan fingerprint density at radius 3 is 2.33 bits per heavy atom. The molecule has 0 aliphatic carbocycles. The van der Waals surface area contributed by atoms with Gasteiger partial charge in [-0.1, -0.05) is 36.4 Å². The van der Waals surface area contributed by atoms with E-state index in [1.165, 1.54) is 25.1 Å². The average Bonchev–Trinajstić information content (AvgIpc) is 2.66. The van der Waals surface area contributed by atoms with Crippen molar-refractivity contribution in [2.45, 2.75) is 20.5 Å². The maximum absolute atomic E-state index is 14.1. The van der Waals surface area contributed by atoms with Gasteiger partial charge in [-0.05, 0) is 55.3 Å². The second kappa shape index (κ2) is 7.96. The van der Waals surface area contributed by atoms with Crippen LogP contribution in [0.5, 0.6) is 5.75 Å². The molecule has 0 fully saturated rings. The van der Waals surface area contributed by atoms with Gasteiger partial charge in [0.1, 0.15) is 18.2 Å². The summed E-state index contributed by atoms with van der Waals surface area (Å²) in [6, 6.07) is 18.6. The van der Waals surface area contributed by atoms with Gasteiger partial charge >= 0.3 is 0 Å². The molecule has 0 aliphatic rings. The molecular weight excluding hydrogens is 343 g/mol. The summed E-state index contributed by atoms with van der Waals surface area (Å²) < 4.78 is 19.9. The van der Waals surface area contributed by atoms with Gasteiger partial charge in [0.2, 0.25) is 0 Å². The van der Waals surface area contributed by atoms with Crippen molar-refractivity contribution in [2.24, 2.45) is 0 Å². The fraction of sp³-hybridized carbons (Fsp3) is 0.130. The van der Waals surface area contributed by atoms with Crippen LogP contribution in [0, 0.1) is 12.7 Å². The summed E-state index contributed by atoms with van der Waals surface area (Å²) in [6.07, 6.45) is 0. The van der Waals surface area contributed by atoms with Gasteiger partial charge in [0.05, 0.1) is 11.1 Å². The molecule has 0 heterocycles. The lowest BCUT2D eigenvalue weighted by molar-refractivity contribution is 0.101. The molecule has 27 heavy (non-hydrogen) atoms. The Morgan fingerprint density at radius 2 is 1.67 bits per heavy atom. The zero-order valence-electron chi connectivity index (χ0n) is 15.2. The van der Waals surface area contributed by atoms with Crippen molar-refractivity contribution in [1.82, 2.24) is 0 Å². The van der Waals surface area contributed by atoms with Gasteiger partial charge in [0, 0.05) is 5.56 Å². The number of aryl methyl sites for hydroxylation is 1. The van der Waals surface area contributed by atoms with E-state index in [2.05, 4.69) is 0 Å². The highest BCUT2D eigenvalue weighted by molar-refractivity contribution is 6.10. The van der Waals surface area contributed by atoms with Crippen LogP contribution in [0.25, 0.3) is 0 Å². The van der Waals surface area contributed by atoms with E-state index in [1.807, 2.05) is 30.3 Å². The lowest BCUT2D eigenvalue weighted by Gasteiger charge is -2.12. The van der Waals surface area contributed by atoms with Crippen LogP contribution < -0.4 is 4.74 Å². The van der Waals surface area contributed by atoms with E-state index in [-0.39, 0.29) is 16.9 Å². The highest BCUT2D eigenvalue weighted by Crippen LogP contribution is 2.24. The van der Waals surface area contributed by atoms with Crippen molar-refractivity contribution in [1.29, 1.82) is 0 Å². The largest absolute Gasteiger partial charge is 0.488 e. The van der Waals surface area contributed by atoms with E-state index in [9.17, 15) is 14.0 Å². The SMILES string of the molecule is CC(=O)c1cc(C(=O)c2ccc(C)cc2F)ccc1OCc1ccccc1. The van der Waals surface area contributed by atoms with Crippen LogP contribution in [0.3, 0.4) is 0 Å². The van der Waals surface area contributed by atoms with Crippen molar-refractivity contribution in [2.75, 3.05) is 0 Å². The second-order valence-electron chi connectivity index (χ2n) is 6.35. The maximum atomic E-state index is 14.1. The highest BCUT2D eigenvalue weighted by atomic mass is 19.1. The molecule has 0 aliphatic heterocycles. The molecule has 0 aromatic heterocycles. The summed E-state index contributed by atoms with van der Waals surface area (Å²) in [6.45, 7) is 3.47. The number of carbonyl (C=O) groups is 2. The van der Waals surface area contributed by atoms with Crippen LogP contribution in [-0.4, -0.2) is 11.6 Å². The Hall–Kier alpha value is -3.27. The van der Waals surface area contributed by atoms with Crippen molar-refractivity contribution in [3.05, 3.63) is 100 Å². The normalized spacial score (nSPS) is 10.5. The number of ketones is 2. The first-order valence-electron chi connectivity index (χ1n) is 8.58. The first kappa shape index (κ1) is 18.5. The second-order valence-corrected chi connectivity index (χ2v) is 6.35. The average molecular weight is 362 g/mol. The number of hydrogen-bond acceptors (Lipinski definition) is 3. The summed E-state index contributed by atoms with van der Waals surface area (Å²) in [4.78, 5) is 24.7. The molecule has 0 unspecified atom stereocenters. The zero-order valence-corrected chi connectivity index (χ0v) is 15.2. The first-order chi connectivity index (χ1) is 13.0. The van der Waals surface area contributed by atoms with Gasteiger partial charge in [-0.2, -0.15) is 0 Å². The van der Waals surface area contributed by atoms with Gasteiger partial charge in [-0.25, -0.2) is 4.39 Å². The third-order valence-electron chi connectivity index (χ3n) is 4.23. The van der Waals surface area contributed by atoms with Crippen LogP contribution in [0.2, 0.25) is 0 Å². The molecule has 3 aromatic rings. The third-order valence-corrected chi connectivity index (χ3v) is 4.23. The van der Waals surface area contributed by atoms with E-state index in [0.717, 1.165) is 11.1 Å². The molecule has 0 radical (unpaired) electrons. The van der Waals surface area contributed by atoms with E-state index < -0.39 is 11.6 Å². The van der Waals surface area contributed by atoms with Crippen molar-refractivity contribution >= 4 is 11.6 Å². The molecule has 0 saturated carbocycles. The van der Waals surface area contributed by atoms with Gasteiger partial charge in [-0.15, -0.1) is 0 Å². The monoisotopic (exact) mass is 362 g/mol. The lowest BCUT2D eigenvalue weighted by atomic mass is 9.98. The Morgan fingerprint density at radius 1 is 0.926 bits per heavy atom. The smallest absolute Gasteiger partial charge is 0.195 e. The fourth-order valence-electron chi connectivity index (χ4n) is 2.77. The minimum Gasteiger partial charge on any atom is -0.488 e. The summed E-state index contributed by atoms with van der Waals surface area (Å²) in [5, 5.41) is 0. The minimum atomic E-state index is -0.575. The quantitative estimate of drug-likeness (QED) is 0.570. The predicted molar refractivity (Wildman–Crippen MR) is 102 cm³/mol. The van der Waals surface area contributed by atoms with E-state index in [0.29, 0.717) is 17.9 Å². The molecule has 0 amide bonds. The van der Waals surface area contributed by atoms with Crippen LogP contribution in [-0.2, 0) is 6.61 Å². The number of ether oxygens (including phenoxy) is 1. The van der Waals surface area contributed by atoms with Gasteiger partial charge in [0.15, 0.2) is 11.6 Å². The Balaban J connectivity index is 1.89. The maximum Gasteiger partial charge on any atom is 0.195 e. The molecule has 136 valence electrons. The Kier molecular flexibility index (Phi) is 5.46. The van der Waals surface area contributed by atoms with E-state index in [4.69, 9.17) is 4.74 Å². The zero-order chi connectivity index (χ0) is 19.4. The molecule has 3 nitrogen and oxygen atoms in total. The fourth-order valence-corrected chi connectivity index (χ4v) is 2.77. The van der Waals surface area contributed by atoms with Crippen molar-refractivity contribution in [3.8, 4) is 5.75 Å². The van der Waals surface area contributed by atoms with Crippen LogP contribution >= 0.6 is 0 Å². The molecular formula is C23H19FO3. The van der Waals surface area contributed by atoms with Crippen molar-refractivity contribution < 1.29 is 18.7 Å². The number of carbonyl (C=O) groups excluding carboxylic acids is 2. The molecule has 0 spiro atoms. The highest BCUT2D eigenvalue weighted by Gasteiger charge is 2.18. The Labute approximate surface area is 157 Å². The van der Waals surface area contributed by atoms with E-state index >= 15 is 0 Å². The molecule has 0 bridgehead atoms. The van der Waals surface area contributed by atoms with E-state index in [1.54, 1.807) is 25.1 Å². The summed E-state index contributed by atoms with van der Waals surface area (Å²) in [5.41, 5.74) is 2.22. The molecule has 0 atom stereocenters. The van der Waals surface area contributed by atoms with Crippen molar-refractivity contribution in [3.63, 3.8) is 0 Å². The number of rotatable bonds is 6. The molecule has 3 rings (SSSR count). The van der Waals surface area contributed by atoms with Gasteiger partial charge in [-0.3, -0.25) is 9.59 Å². The number of halogens is 1. The number of benzene rings is 3. The van der Waals surface area contributed by atoms with Gasteiger partial charge in [0.25, 0.3) is 0 Å². The summed E-state index contributed by atoms with van der Waals surface area (Å²) in [5.74, 6) is -0.872. The van der Waals surface area contributed by atoms with Gasteiger partial charge < -0.3 is 4.74 Å². The summed E-state index contributed by atoms with van der Waals surface area (Å²) >= 11 is 0. The lowest BCUT2D eigenvalue weighted by Crippen LogP contribution is -2.08. The third kappa shape index (κ3) is 4.29. The molecule has 0 N–H and O–H groups in total. The number of hydrogen-bond donors (Lipinski definition) is 0. The standard InChI is InChI=1S/C23H19FO3/c1-15-8-10-19(21(24)12-15)23(26)18-9-11-22(20(13-18)16(2)25)27-14-17-6-4-3-5-7-17/h3-13H,14H2,1-2H3.